The number of oxime groups is 1. The molecular formula is C17H14ClN5O2. The van der Waals surface area contributed by atoms with Crippen molar-refractivity contribution >= 4 is 28.5 Å². The molecule has 4 atom stereocenters. The van der Waals surface area contributed by atoms with Crippen LogP contribution in [0.1, 0.15) is 18.0 Å². The van der Waals surface area contributed by atoms with Gasteiger partial charge in [-0.25, -0.2) is 15.0 Å². The van der Waals surface area contributed by atoms with Crippen molar-refractivity contribution in [2.24, 2.45) is 11.1 Å². The van der Waals surface area contributed by atoms with E-state index in [2.05, 4.69) is 20.1 Å². The largest absolute Gasteiger partial charge is 0.389 e. The summed E-state index contributed by atoms with van der Waals surface area (Å²) in [6.45, 7) is 0. The first-order chi connectivity index (χ1) is 12.2. The van der Waals surface area contributed by atoms with Crippen LogP contribution in [0.2, 0.25) is 5.15 Å². The maximum absolute atomic E-state index is 10.5. The fourth-order valence-corrected chi connectivity index (χ4v) is 4.02. The van der Waals surface area contributed by atoms with Crippen LogP contribution >= 0.6 is 11.6 Å². The number of rotatable bonds is 2. The second-order valence-corrected chi connectivity index (χ2v) is 6.66. The normalized spacial score (nSPS) is 28.0. The van der Waals surface area contributed by atoms with E-state index >= 15 is 0 Å². The highest BCUT2D eigenvalue weighted by molar-refractivity contribution is 6.33. The molecule has 7 nitrogen and oxygen atoms in total. The highest BCUT2D eigenvalue weighted by atomic mass is 35.5. The number of hydrogen-bond donors (Lipinski definition) is 1. The van der Waals surface area contributed by atoms with E-state index < -0.39 is 6.10 Å². The molecule has 25 heavy (non-hydrogen) atoms. The third kappa shape index (κ3) is 2.16. The Bertz CT molecular complexity index is 974. The first-order valence-electron chi connectivity index (χ1n) is 8.04. The van der Waals surface area contributed by atoms with Gasteiger partial charge >= 0.3 is 0 Å². The first kappa shape index (κ1) is 14.8. The second kappa shape index (κ2) is 5.50. The summed E-state index contributed by atoms with van der Waals surface area (Å²) in [4.78, 5) is 18.2. The molecule has 3 aromatic rings. The summed E-state index contributed by atoms with van der Waals surface area (Å²) in [6.07, 6.45) is 2.69. The van der Waals surface area contributed by atoms with Gasteiger partial charge in [-0.05, 0) is 12.0 Å². The van der Waals surface area contributed by atoms with Gasteiger partial charge in [-0.1, -0.05) is 47.1 Å². The predicted molar refractivity (Wildman–Crippen MR) is 91.3 cm³/mol. The molecule has 4 unspecified atom stereocenters. The summed E-state index contributed by atoms with van der Waals surface area (Å²) in [7, 11) is 0. The predicted octanol–water partition coefficient (Wildman–Crippen LogP) is 2.20. The van der Waals surface area contributed by atoms with E-state index in [1.807, 2.05) is 34.9 Å². The van der Waals surface area contributed by atoms with Gasteiger partial charge in [0.1, 0.15) is 11.8 Å². The molecule has 2 aliphatic rings. The molecule has 0 radical (unpaired) electrons. The zero-order valence-electron chi connectivity index (χ0n) is 13.0. The molecule has 126 valence electrons. The molecule has 1 saturated carbocycles. The number of imidazole rings is 1. The highest BCUT2D eigenvalue weighted by Gasteiger charge is 2.52. The van der Waals surface area contributed by atoms with Crippen molar-refractivity contribution in [2.45, 2.75) is 24.7 Å². The van der Waals surface area contributed by atoms with Gasteiger partial charge in [0.15, 0.2) is 16.9 Å². The van der Waals surface area contributed by atoms with Crippen LogP contribution in [0.15, 0.2) is 48.1 Å². The van der Waals surface area contributed by atoms with Crippen LogP contribution in [-0.2, 0) is 4.84 Å². The lowest BCUT2D eigenvalue weighted by molar-refractivity contribution is -0.0104. The minimum Gasteiger partial charge on any atom is -0.389 e. The molecule has 0 spiro atoms. The molecule has 2 aromatic heterocycles. The van der Waals surface area contributed by atoms with Gasteiger partial charge in [0.25, 0.3) is 0 Å². The van der Waals surface area contributed by atoms with Crippen molar-refractivity contribution < 1.29 is 9.94 Å². The van der Waals surface area contributed by atoms with Gasteiger partial charge in [-0.3, -0.25) is 0 Å². The fraction of sp³-hybridized carbons (Fsp3) is 0.294. The van der Waals surface area contributed by atoms with Crippen LogP contribution in [0.3, 0.4) is 0 Å². The molecule has 0 amide bonds. The molecule has 8 heteroatoms. The van der Waals surface area contributed by atoms with Gasteiger partial charge in [-0.2, -0.15) is 0 Å². The number of aromatic nitrogens is 4. The lowest BCUT2D eigenvalue weighted by atomic mass is 9.91. The number of fused-ring (bicyclic) bond motifs is 2. The van der Waals surface area contributed by atoms with E-state index in [1.165, 1.54) is 6.33 Å². The highest BCUT2D eigenvalue weighted by Crippen LogP contribution is 2.44. The summed E-state index contributed by atoms with van der Waals surface area (Å²) < 4.78 is 1.95. The Morgan fingerprint density at radius 2 is 2.00 bits per heavy atom. The van der Waals surface area contributed by atoms with Crippen LogP contribution in [0.25, 0.3) is 11.2 Å². The molecule has 0 bridgehead atoms. The van der Waals surface area contributed by atoms with E-state index in [-0.39, 0.29) is 18.1 Å². The van der Waals surface area contributed by atoms with E-state index in [9.17, 15) is 5.11 Å². The maximum Gasteiger partial charge on any atom is 0.165 e. The van der Waals surface area contributed by atoms with Crippen molar-refractivity contribution in [3.8, 4) is 0 Å². The molecule has 3 heterocycles. The van der Waals surface area contributed by atoms with Crippen molar-refractivity contribution in [3.63, 3.8) is 0 Å². The number of aliphatic hydroxyl groups is 1. The molecular weight excluding hydrogens is 342 g/mol. The third-order valence-electron chi connectivity index (χ3n) is 4.96. The minimum atomic E-state index is -0.602. The quantitative estimate of drug-likeness (QED) is 0.712. The van der Waals surface area contributed by atoms with Gasteiger partial charge in [-0.15, -0.1) is 0 Å². The topological polar surface area (TPSA) is 85.4 Å². The zero-order chi connectivity index (χ0) is 17.0. The molecule has 1 fully saturated rings. The van der Waals surface area contributed by atoms with E-state index in [4.69, 9.17) is 16.4 Å². The summed E-state index contributed by atoms with van der Waals surface area (Å²) in [5, 5.41) is 15.0. The van der Waals surface area contributed by atoms with Gasteiger partial charge < -0.3 is 14.5 Å². The summed E-state index contributed by atoms with van der Waals surface area (Å²) in [5.74, 6) is -0.0801. The Morgan fingerprint density at radius 3 is 2.84 bits per heavy atom. The average molecular weight is 356 g/mol. The lowest BCUT2D eigenvalue weighted by Crippen LogP contribution is -2.29. The fourth-order valence-electron chi connectivity index (χ4n) is 3.85. The van der Waals surface area contributed by atoms with Crippen LogP contribution in [0.5, 0.6) is 0 Å². The molecule has 5 rings (SSSR count). The molecule has 1 N–H and O–H groups in total. The van der Waals surface area contributed by atoms with E-state index in [0.29, 0.717) is 22.7 Å². The van der Waals surface area contributed by atoms with Crippen LogP contribution in [-0.4, -0.2) is 42.5 Å². The average Bonchev–Trinajstić information content (AvgIpc) is 3.32. The van der Waals surface area contributed by atoms with Crippen molar-refractivity contribution in [1.82, 2.24) is 19.5 Å². The van der Waals surface area contributed by atoms with E-state index in [1.54, 1.807) is 6.33 Å². The number of aliphatic hydroxyl groups excluding tert-OH is 1. The van der Waals surface area contributed by atoms with Crippen molar-refractivity contribution in [3.05, 3.63) is 53.7 Å². The summed E-state index contributed by atoms with van der Waals surface area (Å²) in [5.41, 5.74) is 3.04. The monoisotopic (exact) mass is 355 g/mol. The van der Waals surface area contributed by atoms with Gasteiger partial charge in [0.2, 0.25) is 0 Å². The van der Waals surface area contributed by atoms with Crippen molar-refractivity contribution in [1.29, 1.82) is 0 Å². The number of nitrogens with zero attached hydrogens (tertiary/aromatic N) is 5. The summed E-state index contributed by atoms with van der Waals surface area (Å²) >= 11 is 6.12. The smallest absolute Gasteiger partial charge is 0.165 e. The zero-order valence-corrected chi connectivity index (χ0v) is 13.8. The Balaban J connectivity index is 1.61. The van der Waals surface area contributed by atoms with Gasteiger partial charge in [0.05, 0.1) is 30.1 Å². The third-order valence-corrected chi connectivity index (χ3v) is 5.24. The number of benzene rings is 1. The van der Waals surface area contributed by atoms with Crippen LogP contribution in [0, 0.1) is 5.92 Å². The Hall–Kier alpha value is -2.51. The summed E-state index contributed by atoms with van der Waals surface area (Å²) in [6, 6.07) is 9.81. The Morgan fingerprint density at radius 1 is 1.16 bits per heavy atom. The standard InChI is InChI=1S/C17H14ClN5O2/c18-16-14-17(20-7-19-16)23(8-21-14)10-6-11(24)15-12(10)13(22-25-15)9-4-2-1-3-5-9/h1-5,7-8,10-12,15,24H,6H2. The molecule has 1 aromatic carbocycles. The maximum atomic E-state index is 10.5. The van der Waals surface area contributed by atoms with Crippen molar-refractivity contribution in [2.75, 3.05) is 0 Å². The molecule has 1 aliphatic carbocycles. The first-order valence-corrected chi connectivity index (χ1v) is 8.42. The SMILES string of the molecule is OC1CC(n2cnc3c(Cl)ncnc32)C2C(c3ccccc3)=NOC12. The molecule has 1 aliphatic heterocycles. The number of halogens is 1. The van der Waals surface area contributed by atoms with Crippen LogP contribution < -0.4 is 0 Å². The Labute approximate surface area is 147 Å². The second-order valence-electron chi connectivity index (χ2n) is 6.30. The Kier molecular flexibility index (Phi) is 3.26. The van der Waals surface area contributed by atoms with E-state index in [0.717, 1.165) is 11.3 Å². The number of hydrogen-bond acceptors (Lipinski definition) is 6. The van der Waals surface area contributed by atoms with Crippen LogP contribution in [0.4, 0.5) is 0 Å². The lowest BCUT2D eigenvalue weighted by Gasteiger charge is -2.20. The molecule has 0 saturated heterocycles. The minimum absolute atomic E-state index is 0.0718. The van der Waals surface area contributed by atoms with Gasteiger partial charge in [0, 0.05) is 0 Å².